The molecule has 7 heteroatoms. The van der Waals surface area contributed by atoms with Crippen molar-refractivity contribution in [2.24, 2.45) is 0 Å². The summed E-state index contributed by atoms with van der Waals surface area (Å²) in [6.07, 6.45) is 5.62. The maximum Gasteiger partial charge on any atom is 0.267 e. The van der Waals surface area contributed by atoms with Gasteiger partial charge in [0.15, 0.2) is 0 Å². The van der Waals surface area contributed by atoms with Crippen LogP contribution >= 0.6 is 0 Å². The molecule has 0 spiro atoms. The van der Waals surface area contributed by atoms with E-state index < -0.39 is 0 Å². The summed E-state index contributed by atoms with van der Waals surface area (Å²) in [6, 6.07) is 4.98. The molecule has 0 bridgehead atoms. The second-order valence-electron chi connectivity index (χ2n) is 5.76. The predicted octanol–water partition coefficient (Wildman–Crippen LogP) is 0.963. The molecule has 4 rings (SSSR count). The van der Waals surface area contributed by atoms with Crippen molar-refractivity contribution in [1.29, 1.82) is 0 Å². The molecule has 22 heavy (non-hydrogen) atoms. The van der Waals surface area contributed by atoms with E-state index in [0.29, 0.717) is 19.1 Å². The minimum Gasteiger partial charge on any atom is -0.377 e. The number of nitrogens with zero attached hydrogens (tertiary/aromatic N) is 4. The fourth-order valence-electron chi connectivity index (χ4n) is 2.78. The lowest BCUT2D eigenvalue weighted by atomic mass is 10.1. The zero-order valence-electron chi connectivity index (χ0n) is 12.1. The quantitative estimate of drug-likeness (QED) is 0.905. The molecule has 2 aromatic rings. The van der Waals surface area contributed by atoms with Gasteiger partial charge in [-0.25, -0.2) is 14.6 Å². The lowest BCUT2D eigenvalue weighted by Gasteiger charge is -2.20. The molecule has 1 aliphatic heterocycles. The number of ether oxygens (including phenoxy) is 1. The first-order valence-electron chi connectivity index (χ1n) is 7.51. The highest BCUT2D eigenvalue weighted by atomic mass is 16.5. The van der Waals surface area contributed by atoms with Crippen molar-refractivity contribution in [3.63, 3.8) is 0 Å². The Kier molecular flexibility index (Phi) is 3.34. The SMILES string of the molecule is O=c1cccnn1C1COCC1Nc1cc(C2CC2)ncn1. The van der Waals surface area contributed by atoms with Crippen molar-refractivity contribution < 1.29 is 4.74 Å². The van der Waals surface area contributed by atoms with Gasteiger partial charge in [0.2, 0.25) is 0 Å². The van der Waals surface area contributed by atoms with Crippen molar-refractivity contribution in [2.75, 3.05) is 18.5 Å². The Hall–Kier alpha value is -2.28. The predicted molar refractivity (Wildman–Crippen MR) is 79.8 cm³/mol. The van der Waals surface area contributed by atoms with Crippen LogP contribution in [0.5, 0.6) is 0 Å². The Bertz CT molecular complexity index is 728. The zero-order chi connectivity index (χ0) is 14.9. The minimum absolute atomic E-state index is 0.0328. The van der Waals surface area contributed by atoms with Gasteiger partial charge >= 0.3 is 0 Å². The number of anilines is 1. The molecule has 2 atom stereocenters. The van der Waals surface area contributed by atoms with E-state index in [1.54, 1.807) is 18.6 Å². The molecule has 114 valence electrons. The van der Waals surface area contributed by atoms with Gasteiger partial charge in [-0.05, 0) is 18.9 Å². The van der Waals surface area contributed by atoms with Crippen LogP contribution < -0.4 is 10.9 Å². The highest BCUT2D eigenvalue weighted by Gasteiger charge is 2.32. The number of hydrogen-bond donors (Lipinski definition) is 1. The second kappa shape index (κ2) is 5.49. The Morgan fingerprint density at radius 1 is 1.27 bits per heavy atom. The lowest BCUT2D eigenvalue weighted by Crippen LogP contribution is -2.37. The smallest absolute Gasteiger partial charge is 0.267 e. The molecule has 2 unspecified atom stereocenters. The van der Waals surface area contributed by atoms with Crippen LogP contribution in [0.25, 0.3) is 0 Å². The van der Waals surface area contributed by atoms with Crippen LogP contribution in [-0.4, -0.2) is 39.0 Å². The standard InChI is InChI=1S/C15H17N5O2/c21-15-2-1-5-18-20(15)13-8-22-7-12(13)19-14-6-11(10-3-4-10)16-9-17-14/h1-2,5-6,9-10,12-13H,3-4,7-8H2,(H,16,17,19). The van der Waals surface area contributed by atoms with Crippen LogP contribution in [0.1, 0.15) is 30.5 Å². The van der Waals surface area contributed by atoms with Crippen LogP contribution in [0.15, 0.2) is 35.5 Å². The third kappa shape index (κ3) is 2.59. The Balaban J connectivity index is 1.55. The van der Waals surface area contributed by atoms with Gasteiger partial charge in [0, 0.05) is 29.9 Å². The lowest BCUT2D eigenvalue weighted by molar-refractivity contribution is 0.182. The first-order valence-corrected chi connectivity index (χ1v) is 7.51. The molecule has 0 aromatic carbocycles. The summed E-state index contributed by atoms with van der Waals surface area (Å²) in [4.78, 5) is 20.5. The molecular formula is C15H17N5O2. The number of hydrogen-bond acceptors (Lipinski definition) is 6. The van der Waals surface area contributed by atoms with E-state index in [0.717, 1.165) is 11.5 Å². The maximum absolute atomic E-state index is 11.9. The average molecular weight is 299 g/mol. The fraction of sp³-hybridized carbons (Fsp3) is 0.467. The highest BCUT2D eigenvalue weighted by Crippen LogP contribution is 2.39. The van der Waals surface area contributed by atoms with Crippen LogP contribution in [0.4, 0.5) is 5.82 Å². The van der Waals surface area contributed by atoms with E-state index in [9.17, 15) is 4.79 Å². The molecule has 2 aliphatic rings. The van der Waals surface area contributed by atoms with Crippen LogP contribution in [0.2, 0.25) is 0 Å². The summed E-state index contributed by atoms with van der Waals surface area (Å²) < 4.78 is 7.02. The monoisotopic (exact) mass is 299 g/mol. The molecule has 1 aliphatic carbocycles. The molecule has 0 amide bonds. The molecule has 1 saturated carbocycles. The molecular weight excluding hydrogens is 282 g/mol. The number of aromatic nitrogens is 4. The van der Waals surface area contributed by atoms with Gasteiger partial charge in [-0.15, -0.1) is 0 Å². The van der Waals surface area contributed by atoms with Gasteiger partial charge in [-0.3, -0.25) is 4.79 Å². The topological polar surface area (TPSA) is 81.9 Å². The van der Waals surface area contributed by atoms with Crippen LogP contribution in [0, 0.1) is 0 Å². The number of rotatable bonds is 4. The van der Waals surface area contributed by atoms with Gasteiger partial charge in [0.1, 0.15) is 18.2 Å². The van der Waals surface area contributed by atoms with Gasteiger partial charge in [0.05, 0.1) is 19.3 Å². The Morgan fingerprint density at radius 3 is 3.00 bits per heavy atom. The second-order valence-corrected chi connectivity index (χ2v) is 5.76. The molecule has 1 saturated heterocycles. The van der Waals surface area contributed by atoms with Gasteiger partial charge < -0.3 is 10.1 Å². The highest BCUT2D eigenvalue weighted by molar-refractivity contribution is 5.38. The van der Waals surface area contributed by atoms with E-state index >= 15 is 0 Å². The third-order valence-corrected chi connectivity index (χ3v) is 4.12. The Morgan fingerprint density at radius 2 is 2.18 bits per heavy atom. The van der Waals surface area contributed by atoms with E-state index in [1.165, 1.54) is 23.6 Å². The third-order valence-electron chi connectivity index (χ3n) is 4.12. The van der Waals surface area contributed by atoms with Crippen molar-refractivity contribution in [2.45, 2.75) is 30.8 Å². The molecule has 2 fully saturated rings. The van der Waals surface area contributed by atoms with Crippen LogP contribution in [0.3, 0.4) is 0 Å². The van der Waals surface area contributed by atoms with E-state index in [1.807, 2.05) is 6.07 Å². The van der Waals surface area contributed by atoms with E-state index in [2.05, 4.69) is 20.4 Å². The van der Waals surface area contributed by atoms with Gasteiger partial charge in [0.25, 0.3) is 5.56 Å². The van der Waals surface area contributed by atoms with E-state index in [-0.39, 0.29) is 17.6 Å². The molecule has 0 radical (unpaired) electrons. The van der Waals surface area contributed by atoms with Crippen LogP contribution in [-0.2, 0) is 4.74 Å². The molecule has 7 nitrogen and oxygen atoms in total. The molecule has 2 aromatic heterocycles. The maximum atomic E-state index is 11.9. The van der Waals surface area contributed by atoms with Crippen molar-refractivity contribution >= 4 is 5.82 Å². The molecule has 1 N–H and O–H groups in total. The Labute approximate surface area is 127 Å². The number of nitrogens with one attached hydrogen (secondary N) is 1. The molecule has 3 heterocycles. The van der Waals surface area contributed by atoms with Gasteiger partial charge in [-0.2, -0.15) is 5.10 Å². The van der Waals surface area contributed by atoms with Crippen molar-refractivity contribution in [3.05, 3.63) is 46.8 Å². The average Bonchev–Trinajstić information content (AvgIpc) is 3.29. The zero-order valence-corrected chi connectivity index (χ0v) is 12.1. The summed E-state index contributed by atoms with van der Waals surface area (Å²) in [5.74, 6) is 1.36. The largest absolute Gasteiger partial charge is 0.377 e. The minimum atomic E-state index is -0.131. The first kappa shape index (κ1) is 13.4. The fourth-order valence-corrected chi connectivity index (χ4v) is 2.78. The first-order chi connectivity index (χ1) is 10.8. The van der Waals surface area contributed by atoms with E-state index in [4.69, 9.17) is 4.74 Å². The van der Waals surface area contributed by atoms with Crippen molar-refractivity contribution in [1.82, 2.24) is 19.7 Å². The normalized spacial score (nSPS) is 24.4. The summed E-state index contributed by atoms with van der Waals surface area (Å²) in [7, 11) is 0. The summed E-state index contributed by atoms with van der Waals surface area (Å²) in [5.41, 5.74) is 0.967. The summed E-state index contributed by atoms with van der Waals surface area (Å²) in [5, 5.41) is 7.52. The van der Waals surface area contributed by atoms with Crippen molar-refractivity contribution in [3.8, 4) is 0 Å². The van der Waals surface area contributed by atoms with Gasteiger partial charge in [-0.1, -0.05) is 0 Å². The summed E-state index contributed by atoms with van der Waals surface area (Å²) >= 11 is 0. The summed E-state index contributed by atoms with van der Waals surface area (Å²) in [6.45, 7) is 0.992.